The highest BCUT2D eigenvalue weighted by molar-refractivity contribution is 5.76. The monoisotopic (exact) mass is 426 g/mol. The maximum Gasteiger partial charge on any atom is 0.263 e. The zero-order valence-electron chi connectivity index (χ0n) is 17.9. The smallest absolute Gasteiger partial charge is 0.263 e. The van der Waals surface area contributed by atoms with E-state index >= 15 is 0 Å². The quantitative estimate of drug-likeness (QED) is 0.542. The molecule has 0 saturated carbocycles. The number of H-pyrrole nitrogens is 1. The zero-order chi connectivity index (χ0) is 21.5. The van der Waals surface area contributed by atoms with Crippen LogP contribution in [0.2, 0.25) is 0 Å². The lowest BCUT2D eigenvalue weighted by atomic mass is 9.96. The average Bonchev–Trinajstić information content (AvgIpc) is 3.45. The van der Waals surface area contributed by atoms with E-state index in [1.807, 2.05) is 30.3 Å². The number of hydrogen-bond donors (Lipinski definition) is 1. The fourth-order valence-corrected chi connectivity index (χ4v) is 5.05. The van der Waals surface area contributed by atoms with Gasteiger partial charge in [-0.3, -0.25) is 9.78 Å². The number of nitrogens with one attached hydrogen (secondary N) is 1. The molecule has 2 aliphatic rings. The summed E-state index contributed by atoms with van der Waals surface area (Å²) in [6.07, 6.45) is 4.93. The maximum atomic E-state index is 12.7. The number of piperidine rings is 1. The van der Waals surface area contributed by atoms with E-state index in [1.165, 1.54) is 11.3 Å². The molecule has 162 valence electrons. The highest BCUT2D eigenvalue weighted by atomic mass is 16.1. The van der Waals surface area contributed by atoms with Crippen LogP contribution >= 0.6 is 0 Å². The van der Waals surface area contributed by atoms with Crippen molar-refractivity contribution in [3.05, 3.63) is 76.7 Å². The highest BCUT2D eigenvalue weighted by Gasteiger charge is 2.26. The van der Waals surface area contributed by atoms with Gasteiger partial charge in [-0.25, -0.2) is 4.68 Å². The molecular weight excluding hydrogens is 400 g/mol. The number of anilines is 2. The Morgan fingerprint density at radius 3 is 2.59 bits per heavy atom. The second-order valence-electron chi connectivity index (χ2n) is 8.77. The fraction of sp³-hybridized carbons (Fsp3) is 0.320. The van der Waals surface area contributed by atoms with E-state index < -0.39 is 0 Å². The number of aromatic nitrogens is 4. The van der Waals surface area contributed by atoms with E-state index in [2.05, 4.69) is 44.1 Å². The molecular formula is C25H26N6O. The van der Waals surface area contributed by atoms with Crippen LogP contribution in [0.25, 0.3) is 16.7 Å². The Labute approximate surface area is 186 Å². The molecule has 0 radical (unpaired) electrons. The Kier molecular flexibility index (Phi) is 4.67. The topological polar surface area (TPSA) is 70.1 Å². The van der Waals surface area contributed by atoms with Crippen LogP contribution in [0.4, 0.5) is 11.6 Å². The number of hydrogen-bond acceptors (Lipinski definition) is 5. The lowest BCUT2D eigenvalue weighted by Crippen LogP contribution is -2.39. The predicted octanol–water partition coefficient (Wildman–Crippen LogP) is 3.39. The lowest BCUT2D eigenvalue weighted by Gasteiger charge is -2.34. The summed E-state index contributed by atoms with van der Waals surface area (Å²) in [4.78, 5) is 25.3. The number of fused-ring (bicyclic) bond motifs is 2. The molecule has 0 atom stereocenters. The molecule has 6 rings (SSSR count). The van der Waals surface area contributed by atoms with Crippen molar-refractivity contribution in [2.45, 2.75) is 19.3 Å². The Hall–Kier alpha value is -3.61. The lowest BCUT2D eigenvalue weighted by molar-refractivity contribution is 0.402. The highest BCUT2D eigenvalue weighted by Crippen LogP contribution is 2.30. The summed E-state index contributed by atoms with van der Waals surface area (Å²) in [6.45, 7) is 4.02. The van der Waals surface area contributed by atoms with Gasteiger partial charge in [0.1, 0.15) is 5.39 Å². The molecule has 0 bridgehead atoms. The second kappa shape index (κ2) is 7.82. The van der Waals surface area contributed by atoms with Gasteiger partial charge in [0.15, 0.2) is 5.65 Å². The van der Waals surface area contributed by atoms with Crippen LogP contribution in [0.3, 0.4) is 0 Å². The number of nitrogens with zero attached hydrogens (tertiary/aromatic N) is 5. The van der Waals surface area contributed by atoms with E-state index in [1.54, 1.807) is 10.9 Å². The normalized spacial score (nSPS) is 16.6. The fourth-order valence-electron chi connectivity index (χ4n) is 5.05. The van der Waals surface area contributed by atoms with Gasteiger partial charge >= 0.3 is 0 Å². The number of rotatable bonds is 4. The Bertz CT molecular complexity index is 1300. The average molecular weight is 427 g/mol. The molecule has 2 aromatic heterocycles. The molecule has 1 N–H and O–H groups in total. The molecule has 2 aliphatic heterocycles. The third-order valence-electron chi connectivity index (χ3n) is 6.80. The van der Waals surface area contributed by atoms with E-state index in [9.17, 15) is 4.79 Å². The zero-order valence-corrected chi connectivity index (χ0v) is 17.9. The van der Waals surface area contributed by atoms with Crippen molar-refractivity contribution in [1.82, 2.24) is 19.7 Å². The van der Waals surface area contributed by atoms with Gasteiger partial charge < -0.3 is 9.80 Å². The Morgan fingerprint density at radius 2 is 1.75 bits per heavy atom. The van der Waals surface area contributed by atoms with E-state index in [0.717, 1.165) is 51.1 Å². The largest absolute Gasteiger partial charge is 0.371 e. The third kappa shape index (κ3) is 3.34. The maximum absolute atomic E-state index is 12.7. The summed E-state index contributed by atoms with van der Waals surface area (Å²) in [6, 6.07) is 18.6. The molecule has 32 heavy (non-hydrogen) atoms. The van der Waals surface area contributed by atoms with Crippen LogP contribution in [0, 0.1) is 5.92 Å². The molecule has 0 aliphatic carbocycles. The van der Waals surface area contributed by atoms with Gasteiger partial charge in [0, 0.05) is 31.9 Å². The minimum absolute atomic E-state index is 0.136. The molecule has 2 aromatic carbocycles. The summed E-state index contributed by atoms with van der Waals surface area (Å²) in [5.74, 6) is 1.30. The van der Waals surface area contributed by atoms with Crippen molar-refractivity contribution < 1.29 is 0 Å². The summed E-state index contributed by atoms with van der Waals surface area (Å²) in [5, 5.41) is 4.92. The number of para-hydroxylation sites is 2. The van der Waals surface area contributed by atoms with E-state index in [4.69, 9.17) is 4.98 Å². The SMILES string of the molecule is O=c1[nH]c(N2CCC(CN3CCc4ccccc43)CC2)nc2c1cnn2-c1ccccc1. The summed E-state index contributed by atoms with van der Waals surface area (Å²) in [5.41, 5.74) is 4.24. The standard InChI is InChI=1S/C25H26N6O/c32-24-21-16-26-31(20-7-2-1-3-8-20)23(21)27-25(28-24)29-13-10-18(11-14-29)17-30-15-12-19-6-4-5-9-22(19)30/h1-9,16,18H,10-15,17H2,(H,27,28,32). The Morgan fingerprint density at radius 1 is 0.969 bits per heavy atom. The molecule has 1 fully saturated rings. The van der Waals surface area contributed by atoms with Crippen LogP contribution in [0.1, 0.15) is 18.4 Å². The van der Waals surface area contributed by atoms with Gasteiger partial charge in [-0.15, -0.1) is 0 Å². The van der Waals surface area contributed by atoms with Gasteiger partial charge in [0.2, 0.25) is 5.95 Å². The van der Waals surface area contributed by atoms with Crippen molar-refractivity contribution in [2.24, 2.45) is 5.92 Å². The molecule has 0 unspecified atom stereocenters. The minimum Gasteiger partial charge on any atom is -0.371 e. The van der Waals surface area contributed by atoms with Crippen LogP contribution in [-0.4, -0.2) is 45.9 Å². The van der Waals surface area contributed by atoms with Crippen LogP contribution in [0.15, 0.2) is 65.6 Å². The van der Waals surface area contributed by atoms with E-state index in [0.29, 0.717) is 22.9 Å². The molecule has 7 heteroatoms. The van der Waals surface area contributed by atoms with Crippen LogP contribution < -0.4 is 15.4 Å². The van der Waals surface area contributed by atoms with Crippen molar-refractivity contribution in [2.75, 3.05) is 36.0 Å². The van der Waals surface area contributed by atoms with Crippen molar-refractivity contribution in [3.8, 4) is 5.69 Å². The summed E-state index contributed by atoms with van der Waals surface area (Å²) in [7, 11) is 0. The molecule has 0 amide bonds. The molecule has 4 aromatic rings. The van der Waals surface area contributed by atoms with E-state index in [-0.39, 0.29) is 5.56 Å². The van der Waals surface area contributed by atoms with Crippen LogP contribution in [0.5, 0.6) is 0 Å². The van der Waals surface area contributed by atoms with Crippen molar-refractivity contribution >= 4 is 22.7 Å². The first-order valence-corrected chi connectivity index (χ1v) is 11.4. The number of aromatic amines is 1. The molecule has 0 spiro atoms. The van der Waals surface area contributed by atoms with Crippen molar-refractivity contribution in [1.29, 1.82) is 0 Å². The first-order valence-electron chi connectivity index (χ1n) is 11.4. The summed E-state index contributed by atoms with van der Waals surface area (Å²) < 4.78 is 1.74. The first-order chi connectivity index (χ1) is 15.8. The van der Waals surface area contributed by atoms with Gasteiger partial charge in [-0.2, -0.15) is 10.1 Å². The van der Waals surface area contributed by atoms with Gasteiger partial charge in [0.05, 0.1) is 11.9 Å². The van der Waals surface area contributed by atoms with Crippen LogP contribution in [-0.2, 0) is 6.42 Å². The molecule has 4 heterocycles. The Balaban J connectivity index is 1.19. The summed E-state index contributed by atoms with van der Waals surface area (Å²) >= 11 is 0. The van der Waals surface area contributed by atoms with Crippen molar-refractivity contribution in [3.63, 3.8) is 0 Å². The molecule has 1 saturated heterocycles. The molecule has 7 nitrogen and oxygen atoms in total. The van der Waals surface area contributed by atoms with Gasteiger partial charge in [-0.05, 0) is 48.9 Å². The van der Waals surface area contributed by atoms with Gasteiger partial charge in [0.25, 0.3) is 5.56 Å². The third-order valence-corrected chi connectivity index (χ3v) is 6.80. The minimum atomic E-state index is -0.136. The number of benzene rings is 2. The predicted molar refractivity (Wildman–Crippen MR) is 127 cm³/mol. The van der Waals surface area contributed by atoms with Gasteiger partial charge in [-0.1, -0.05) is 36.4 Å². The second-order valence-corrected chi connectivity index (χ2v) is 8.77. The first kappa shape index (κ1) is 19.1.